The van der Waals surface area contributed by atoms with E-state index in [1.807, 2.05) is 0 Å². The average Bonchev–Trinajstić information content (AvgIpc) is 2.97. The molecule has 2 aliphatic heterocycles. The Kier molecular flexibility index (Phi) is 4.07. The molecule has 5 nitrogen and oxygen atoms in total. The van der Waals surface area contributed by atoms with Crippen molar-refractivity contribution in [2.45, 2.75) is 37.5 Å². The highest BCUT2D eigenvalue weighted by Crippen LogP contribution is 2.33. The molecule has 2 aliphatic rings. The molecule has 1 amide bonds. The van der Waals surface area contributed by atoms with E-state index in [0.29, 0.717) is 37.3 Å². The van der Waals surface area contributed by atoms with Crippen LogP contribution in [0, 0.1) is 5.82 Å². The number of ether oxygens (including phenoxy) is 2. The molecule has 0 spiro atoms. The fourth-order valence-electron chi connectivity index (χ4n) is 2.85. The van der Waals surface area contributed by atoms with Gasteiger partial charge in [0.15, 0.2) is 0 Å². The predicted molar refractivity (Wildman–Crippen MR) is 74.3 cm³/mol. The van der Waals surface area contributed by atoms with E-state index in [1.165, 1.54) is 12.1 Å². The molecule has 0 aliphatic carbocycles. The SMILES string of the molecule is NC[C@H]1CC[C@@H](C(=O)NC2CCOc3ccc(F)cc32)O1. The molecular weight excluding hydrogens is 275 g/mol. The molecule has 3 atom stereocenters. The molecule has 0 aromatic heterocycles. The third-order valence-corrected chi connectivity index (χ3v) is 3.99. The number of carbonyl (C=O) groups is 1. The van der Waals surface area contributed by atoms with Crippen LogP contribution in [-0.4, -0.2) is 31.3 Å². The van der Waals surface area contributed by atoms with Gasteiger partial charge in [0.05, 0.1) is 18.8 Å². The maximum atomic E-state index is 13.4. The number of hydrogen-bond acceptors (Lipinski definition) is 4. The summed E-state index contributed by atoms with van der Waals surface area (Å²) >= 11 is 0. The zero-order valence-electron chi connectivity index (χ0n) is 11.7. The van der Waals surface area contributed by atoms with Crippen LogP contribution in [0.2, 0.25) is 0 Å². The van der Waals surface area contributed by atoms with Gasteiger partial charge in [0.1, 0.15) is 17.7 Å². The standard InChI is InChI=1S/C15H19FN2O3/c16-9-1-3-13-11(7-9)12(5-6-20-13)18-15(19)14-4-2-10(8-17)21-14/h1,3,7,10,12,14H,2,4-6,8,17H2,(H,18,19)/t10-,12?,14+/m1/s1. The molecule has 1 aromatic carbocycles. The van der Waals surface area contributed by atoms with Crippen molar-refractivity contribution in [1.29, 1.82) is 0 Å². The van der Waals surface area contributed by atoms with Gasteiger partial charge in [-0.25, -0.2) is 4.39 Å². The Morgan fingerprint density at radius 1 is 1.38 bits per heavy atom. The fraction of sp³-hybridized carbons (Fsp3) is 0.533. The summed E-state index contributed by atoms with van der Waals surface area (Å²) in [6, 6.07) is 4.13. The zero-order chi connectivity index (χ0) is 14.8. The minimum atomic E-state index is -0.460. The number of rotatable bonds is 3. The van der Waals surface area contributed by atoms with Crippen molar-refractivity contribution in [2.24, 2.45) is 5.73 Å². The fourth-order valence-corrected chi connectivity index (χ4v) is 2.85. The van der Waals surface area contributed by atoms with E-state index in [9.17, 15) is 9.18 Å². The molecule has 0 radical (unpaired) electrons. The third-order valence-electron chi connectivity index (χ3n) is 3.99. The molecular formula is C15H19FN2O3. The van der Waals surface area contributed by atoms with Gasteiger partial charge in [0, 0.05) is 18.5 Å². The summed E-state index contributed by atoms with van der Waals surface area (Å²) in [4.78, 5) is 12.3. The number of nitrogens with one attached hydrogen (secondary N) is 1. The first-order valence-electron chi connectivity index (χ1n) is 7.25. The first-order valence-corrected chi connectivity index (χ1v) is 7.25. The van der Waals surface area contributed by atoms with Crippen LogP contribution in [0.15, 0.2) is 18.2 Å². The number of nitrogens with two attached hydrogens (primary N) is 1. The van der Waals surface area contributed by atoms with Crippen molar-refractivity contribution < 1.29 is 18.7 Å². The van der Waals surface area contributed by atoms with Crippen LogP contribution in [-0.2, 0) is 9.53 Å². The molecule has 6 heteroatoms. The summed E-state index contributed by atoms with van der Waals surface area (Å²) in [5.74, 6) is 0.131. The smallest absolute Gasteiger partial charge is 0.249 e. The molecule has 3 N–H and O–H groups in total. The Morgan fingerprint density at radius 2 is 2.24 bits per heavy atom. The van der Waals surface area contributed by atoms with E-state index >= 15 is 0 Å². The number of benzene rings is 1. The van der Waals surface area contributed by atoms with Crippen LogP contribution >= 0.6 is 0 Å². The average molecular weight is 294 g/mol. The van der Waals surface area contributed by atoms with Gasteiger partial charge in [-0.3, -0.25) is 4.79 Å². The van der Waals surface area contributed by atoms with E-state index in [1.54, 1.807) is 6.07 Å². The lowest BCUT2D eigenvalue weighted by molar-refractivity contribution is -0.132. The van der Waals surface area contributed by atoms with E-state index in [0.717, 1.165) is 6.42 Å². The lowest BCUT2D eigenvalue weighted by atomic mass is 10.00. The lowest BCUT2D eigenvalue weighted by Crippen LogP contribution is -2.39. The van der Waals surface area contributed by atoms with Crippen LogP contribution in [0.1, 0.15) is 30.9 Å². The predicted octanol–water partition coefficient (Wildman–Crippen LogP) is 1.27. The summed E-state index contributed by atoms with van der Waals surface area (Å²) in [7, 11) is 0. The highest BCUT2D eigenvalue weighted by Gasteiger charge is 2.32. The summed E-state index contributed by atoms with van der Waals surface area (Å²) < 4.78 is 24.5. The van der Waals surface area contributed by atoms with Crippen molar-refractivity contribution >= 4 is 5.91 Å². The minimum absolute atomic E-state index is 0.0415. The molecule has 1 fully saturated rings. The van der Waals surface area contributed by atoms with Gasteiger partial charge in [0.2, 0.25) is 5.91 Å². The topological polar surface area (TPSA) is 73.6 Å². The number of hydrogen-bond donors (Lipinski definition) is 2. The molecule has 21 heavy (non-hydrogen) atoms. The van der Waals surface area contributed by atoms with Crippen LogP contribution in [0.4, 0.5) is 4.39 Å². The third kappa shape index (κ3) is 3.01. The van der Waals surface area contributed by atoms with E-state index in [-0.39, 0.29) is 23.9 Å². The summed E-state index contributed by atoms with van der Waals surface area (Å²) in [5.41, 5.74) is 6.23. The van der Waals surface area contributed by atoms with Gasteiger partial charge in [-0.1, -0.05) is 0 Å². The maximum Gasteiger partial charge on any atom is 0.249 e. The molecule has 1 unspecified atom stereocenters. The van der Waals surface area contributed by atoms with Crippen molar-refractivity contribution in [3.8, 4) is 5.75 Å². The van der Waals surface area contributed by atoms with E-state index < -0.39 is 6.10 Å². The number of fused-ring (bicyclic) bond motifs is 1. The Hall–Kier alpha value is -1.66. The van der Waals surface area contributed by atoms with Gasteiger partial charge in [-0.05, 0) is 31.0 Å². The Labute approximate surface area is 122 Å². The highest BCUT2D eigenvalue weighted by molar-refractivity contribution is 5.81. The largest absolute Gasteiger partial charge is 0.493 e. The summed E-state index contributed by atoms with van der Waals surface area (Å²) in [5, 5.41) is 2.94. The van der Waals surface area contributed by atoms with Gasteiger partial charge in [-0.2, -0.15) is 0 Å². The molecule has 3 rings (SSSR count). The van der Waals surface area contributed by atoms with Gasteiger partial charge >= 0.3 is 0 Å². The minimum Gasteiger partial charge on any atom is -0.493 e. The number of amides is 1. The van der Waals surface area contributed by atoms with Crippen molar-refractivity contribution in [1.82, 2.24) is 5.32 Å². The van der Waals surface area contributed by atoms with Crippen LogP contribution in [0.5, 0.6) is 5.75 Å². The van der Waals surface area contributed by atoms with Gasteiger partial charge < -0.3 is 20.5 Å². The summed E-state index contributed by atoms with van der Waals surface area (Å²) in [6.07, 6.45) is 1.59. The maximum absolute atomic E-state index is 13.4. The summed E-state index contributed by atoms with van der Waals surface area (Å²) in [6.45, 7) is 0.926. The van der Waals surface area contributed by atoms with E-state index in [2.05, 4.69) is 5.32 Å². The molecule has 114 valence electrons. The quantitative estimate of drug-likeness (QED) is 0.880. The van der Waals surface area contributed by atoms with Crippen LogP contribution in [0.3, 0.4) is 0 Å². The van der Waals surface area contributed by atoms with Crippen LogP contribution in [0.25, 0.3) is 0 Å². The lowest BCUT2D eigenvalue weighted by Gasteiger charge is -2.27. The second kappa shape index (κ2) is 5.99. The molecule has 1 saturated heterocycles. The van der Waals surface area contributed by atoms with Crippen LogP contribution < -0.4 is 15.8 Å². The Morgan fingerprint density at radius 3 is 3.00 bits per heavy atom. The van der Waals surface area contributed by atoms with E-state index in [4.69, 9.17) is 15.2 Å². The van der Waals surface area contributed by atoms with Crippen molar-refractivity contribution in [3.63, 3.8) is 0 Å². The van der Waals surface area contributed by atoms with Gasteiger partial charge in [-0.15, -0.1) is 0 Å². The normalized spacial score (nSPS) is 27.8. The zero-order valence-corrected chi connectivity index (χ0v) is 11.7. The Bertz CT molecular complexity index is 538. The first-order chi connectivity index (χ1) is 10.2. The number of halogens is 1. The first kappa shape index (κ1) is 14.3. The van der Waals surface area contributed by atoms with Crippen molar-refractivity contribution in [3.05, 3.63) is 29.6 Å². The molecule has 0 bridgehead atoms. The monoisotopic (exact) mass is 294 g/mol. The second-order valence-electron chi connectivity index (χ2n) is 5.44. The number of carbonyl (C=O) groups excluding carboxylic acids is 1. The van der Waals surface area contributed by atoms with Gasteiger partial charge in [0.25, 0.3) is 0 Å². The molecule has 2 heterocycles. The second-order valence-corrected chi connectivity index (χ2v) is 5.44. The highest BCUT2D eigenvalue weighted by atomic mass is 19.1. The molecule has 0 saturated carbocycles. The Balaban J connectivity index is 1.69. The van der Waals surface area contributed by atoms with Crippen molar-refractivity contribution in [2.75, 3.05) is 13.2 Å². The molecule has 1 aromatic rings.